The minimum atomic E-state index is -0.193. The predicted octanol–water partition coefficient (Wildman–Crippen LogP) is 0.884. The van der Waals surface area contributed by atoms with Crippen molar-refractivity contribution in [2.24, 2.45) is 0 Å². The van der Waals surface area contributed by atoms with E-state index in [4.69, 9.17) is 11.9 Å². The van der Waals surface area contributed by atoms with E-state index in [9.17, 15) is 0 Å². The maximum absolute atomic E-state index is 4.98. The first kappa shape index (κ1) is 10.7. The quantitative estimate of drug-likeness (QED) is 0.453. The SMILES string of the molecule is CC(C)(C)OCl.[AlH3].[H+]. The molecule has 0 heterocycles. The monoisotopic (exact) mass is 139 g/mol. The largest absolute Gasteiger partial charge is 1.00 e. The highest BCUT2D eigenvalue weighted by Gasteiger charge is 2.06. The van der Waals surface area contributed by atoms with Gasteiger partial charge in [-0.05, 0) is 20.8 Å². The lowest BCUT2D eigenvalue weighted by Gasteiger charge is -2.10. The van der Waals surface area contributed by atoms with Crippen LogP contribution in [0.25, 0.3) is 0 Å². The molecular formula is C4H13AlClO+. The Balaban J connectivity index is -0.000000125. The van der Waals surface area contributed by atoms with Crippen molar-refractivity contribution < 1.29 is 5.72 Å². The molecule has 44 valence electrons. The normalized spacial score (nSPS) is 10.3. The second kappa shape index (κ2) is 3.74. The first-order valence-electron chi connectivity index (χ1n) is 1.86. The molecule has 0 aliphatic heterocycles. The van der Waals surface area contributed by atoms with Crippen LogP contribution >= 0.6 is 11.9 Å². The molecule has 0 N–H and O–H groups in total. The third-order valence-corrected chi connectivity index (χ3v) is 0.694. The van der Waals surface area contributed by atoms with Gasteiger partial charge in [-0.2, -0.15) is 0 Å². The van der Waals surface area contributed by atoms with Crippen molar-refractivity contribution >= 4 is 29.2 Å². The van der Waals surface area contributed by atoms with Crippen LogP contribution in [-0.4, -0.2) is 23.0 Å². The highest BCUT2D eigenvalue weighted by molar-refractivity contribution is 6.07. The summed E-state index contributed by atoms with van der Waals surface area (Å²) in [5, 5.41) is 0. The van der Waals surface area contributed by atoms with Gasteiger partial charge in [0.25, 0.3) is 0 Å². The van der Waals surface area contributed by atoms with Gasteiger partial charge >= 0.3 is 1.43 Å². The van der Waals surface area contributed by atoms with E-state index >= 15 is 0 Å². The Morgan fingerprint density at radius 3 is 1.57 bits per heavy atom. The molecule has 0 aromatic rings. The lowest BCUT2D eigenvalue weighted by Crippen LogP contribution is -2.12. The molecule has 0 aromatic heterocycles. The molecule has 1 nitrogen and oxygen atoms in total. The van der Waals surface area contributed by atoms with Crippen LogP contribution in [0.3, 0.4) is 0 Å². The van der Waals surface area contributed by atoms with E-state index in [2.05, 4.69) is 4.29 Å². The summed E-state index contributed by atoms with van der Waals surface area (Å²) in [6.45, 7) is 5.67. The molecule has 0 unspecified atom stereocenters. The average molecular weight is 140 g/mol. The zero-order valence-corrected chi connectivity index (χ0v) is 5.04. The number of rotatable bonds is 0. The van der Waals surface area contributed by atoms with Crippen LogP contribution in [0.2, 0.25) is 0 Å². The third-order valence-electron chi connectivity index (χ3n) is 0.231. The van der Waals surface area contributed by atoms with Gasteiger partial charge in [-0.1, -0.05) is 0 Å². The van der Waals surface area contributed by atoms with Crippen LogP contribution in [0, 0.1) is 0 Å². The first-order valence-corrected chi connectivity index (χ1v) is 2.17. The summed E-state index contributed by atoms with van der Waals surface area (Å²) in [6.07, 6.45) is 0. The number of hydrogen-bond donors (Lipinski definition) is 0. The van der Waals surface area contributed by atoms with Crippen LogP contribution in [-0.2, 0) is 4.29 Å². The number of hydrogen-bond acceptors (Lipinski definition) is 1. The van der Waals surface area contributed by atoms with E-state index in [1.165, 1.54) is 0 Å². The van der Waals surface area contributed by atoms with Crippen molar-refractivity contribution in [1.29, 1.82) is 0 Å². The molecule has 0 saturated heterocycles. The van der Waals surface area contributed by atoms with E-state index in [-0.39, 0.29) is 24.4 Å². The van der Waals surface area contributed by atoms with Gasteiger partial charge in [0.2, 0.25) is 0 Å². The fourth-order valence-electron chi connectivity index (χ4n) is 0. The Labute approximate surface area is 61.8 Å². The molecule has 0 amide bonds. The van der Waals surface area contributed by atoms with Crippen molar-refractivity contribution in [3.8, 4) is 0 Å². The van der Waals surface area contributed by atoms with E-state index in [0.717, 1.165) is 0 Å². The Hall–Kier alpha value is 0.782. The fraction of sp³-hybridized carbons (Fsp3) is 1.00. The summed E-state index contributed by atoms with van der Waals surface area (Å²) in [6, 6.07) is 0. The summed E-state index contributed by atoms with van der Waals surface area (Å²) < 4.78 is 4.41. The van der Waals surface area contributed by atoms with Gasteiger partial charge in [0, 0.05) is 0 Å². The fourth-order valence-corrected chi connectivity index (χ4v) is 0. The van der Waals surface area contributed by atoms with Crippen LogP contribution in [0.4, 0.5) is 0 Å². The van der Waals surface area contributed by atoms with Gasteiger partial charge in [0.1, 0.15) is 0 Å². The first-order chi connectivity index (χ1) is 2.56. The van der Waals surface area contributed by atoms with Gasteiger partial charge < -0.3 is 0 Å². The van der Waals surface area contributed by atoms with Gasteiger partial charge in [-0.3, -0.25) is 4.29 Å². The van der Waals surface area contributed by atoms with Crippen molar-refractivity contribution in [3.63, 3.8) is 0 Å². The minimum absolute atomic E-state index is 0. The third kappa shape index (κ3) is 10.8. The predicted molar refractivity (Wildman–Crippen MR) is 37.7 cm³/mol. The summed E-state index contributed by atoms with van der Waals surface area (Å²) in [5.74, 6) is 0. The summed E-state index contributed by atoms with van der Waals surface area (Å²) >= 11 is 4.98. The van der Waals surface area contributed by atoms with Gasteiger partial charge in [-0.15, -0.1) is 0 Å². The smallest absolute Gasteiger partial charge is 0.273 e. The minimum Gasteiger partial charge on any atom is -0.273 e. The van der Waals surface area contributed by atoms with Gasteiger partial charge in [0.15, 0.2) is 17.4 Å². The molecule has 0 rings (SSSR count). The molecule has 0 aliphatic carbocycles. The highest BCUT2D eigenvalue weighted by Crippen LogP contribution is 2.07. The Kier molecular flexibility index (Phi) is 5.73. The zero-order valence-electron chi connectivity index (χ0n) is 5.29. The van der Waals surface area contributed by atoms with Crippen LogP contribution in [0.1, 0.15) is 22.2 Å². The topological polar surface area (TPSA) is 9.23 Å². The molecule has 7 heavy (non-hydrogen) atoms. The molecule has 3 heteroatoms. The standard InChI is InChI=1S/C4H9ClO.Al.3H/c1-4(2,3)6-5;;;;/h1-3H3;;;;/p+1. The number of halogens is 1. The maximum Gasteiger partial charge on any atom is 1.00 e. The Bertz CT molecular complexity index is 45.8. The molecule has 0 fully saturated rings. The zero-order chi connectivity index (χ0) is 5.21. The van der Waals surface area contributed by atoms with Crippen molar-refractivity contribution in [1.82, 2.24) is 0 Å². The molecular weight excluding hydrogens is 126 g/mol. The second-order valence-electron chi connectivity index (χ2n) is 2.19. The second-order valence-corrected chi connectivity index (χ2v) is 2.34. The molecule has 0 bridgehead atoms. The van der Waals surface area contributed by atoms with Crippen LogP contribution in [0.15, 0.2) is 0 Å². The molecule has 0 atom stereocenters. The average Bonchev–Trinajstić information content (AvgIpc) is 1.35. The van der Waals surface area contributed by atoms with Crippen molar-refractivity contribution in [3.05, 3.63) is 0 Å². The van der Waals surface area contributed by atoms with E-state index < -0.39 is 0 Å². The molecule has 0 aliphatic rings. The van der Waals surface area contributed by atoms with Gasteiger partial charge in [0.05, 0.1) is 17.5 Å². The molecule has 0 radical (unpaired) electrons. The molecule has 0 saturated carbocycles. The summed E-state index contributed by atoms with van der Waals surface area (Å²) in [4.78, 5) is 0. The summed E-state index contributed by atoms with van der Waals surface area (Å²) in [5.41, 5.74) is -0.193. The van der Waals surface area contributed by atoms with E-state index in [1.807, 2.05) is 20.8 Å². The summed E-state index contributed by atoms with van der Waals surface area (Å²) in [7, 11) is 0. The van der Waals surface area contributed by atoms with Gasteiger partial charge in [-0.25, -0.2) is 0 Å². The van der Waals surface area contributed by atoms with E-state index in [0.29, 0.717) is 0 Å². The Morgan fingerprint density at radius 2 is 1.57 bits per heavy atom. The van der Waals surface area contributed by atoms with E-state index in [1.54, 1.807) is 0 Å². The highest BCUT2D eigenvalue weighted by atomic mass is 35.5. The van der Waals surface area contributed by atoms with Crippen molar-refractivity contribution in [2.45, 2.75) is 26.4 Å². The van der Waals surface area contributed by atoms with Crippen LogP contribution < -0.4 is 0 Å². The molecule has 0 spiro atoms. The lowest BCUT2D eigenvalue weighted by molar-refractivity contribution is 0.148. The maximum atomic E-state index is 4.98. The Morgan fingerprint density at radius 1 is 1.43 bits per heavy atom. The lowest BCUT2D eigenvalue weighted by atomic mass is 10.2. The van der Waals surface area contributed by atoms with Crippen molar-refractivity contribution in [2.75, 3.05) is 0 Å². The molecule has 0 aromatic carbocycles. The van der Waals surface area contributed by atoms with Crippen LogP contribution in [0.5, 0.6) is 0 Å².